The largest absolute Gasteiger partial charge is 0.423 e. The minimum absolute atomic E-state index is 0.250. The van der Waals surface area contributed by atoms with Gasteiger partial charge in [0.25, 0.3) is 0 Å². The number of hydrogen-bond donors (Lipinski definition) is 1. The third-order valence-electron chi connectivity index (χ3n) is 2.33. The second-order valence-corrected chi connectivity index (χ2v) is 4.45. The fraction of sp³-hybridized carbons (Fsp3) is 0.250. The van der Waals surface area contributed by atoms with Crippen LogP contribution in [0.3, 0.4) is 0 Å². The predicted molar refractivity (Wildman–Crippen MR) is 65.3 cm³/mol. The smallest absolute Gasteiger partial charge is 0.339 e. The van der Waals surface area contributed by atoms with Crippen LogP contribution in [0.25, 0.3) is 0 Å². The molecule has 0 amide bonds. The number of hydrogen-bond acceptors (Lipinski definition) is 3. The first-order valence-corrected chi connectivity index (χ1v) is 5.92. The molecule has 0 aromatic heterocycles. The molecular weight excluding hydrogens is 270 g/mol. The molecule has 3 nitrogen and oxygen atoms in total. The van der Waals surface area contributed by atoms with Gasteiger partial charge in [-0.25, -0.2) is 4.79 Å². The molecule has 2 rings (SSSR count). The maximum Gasteiger partial charge on any atom is 0.339 e. The summed E-state index contributed by atoms with van der Waals surface area (Å²) in [6.07, 6.45) is 2.61. The van der Waals surface area contributed by atoms with Crippen LogP contribution >= 0.6 is 15.9 Å². The van der Waals surface area contributed by atoms with Crippen molar-refractivity contribution >= 4 is 21.9 Å². The van der Waals surface area contributed by atoms with Gasteiger partial charge in [-0.3, -0.25) is 0 Å². The van der Waals surface area contributed by atoms with Gasteiger partial charge in [-0.05, 0) is 31.2 Å². The van der Waals surface area contributed by atoms with Crippen LogP contribution in [0.4, 0.5) is 0 Å². The lowest BCUT2D eigenvalue weighted by Gasteiger charge is -2.12. The average molecular weight is 282 g/mol. The Morgan fingerprint density at radius 3 is 3.00 bits per heavy atom. The first kappa shape index (κ1) is 11.4. The molecule has 1 aliphatic heterocycles. The van der Waals surface area contributed by atoms with E-state index in [2.05, 4.69) is 21.2 Å². The molecule has 1 aliphatic rings. The number of rotatable bonds is 2. The van der Waals surface area contributed by atoms with Gasteiger partial charge < -0.3 is 10.1 Å². The molecule has 0 spiro atoms. The van der Waals surface area contributed by atoms with E-state index in [1.54, 1.807) is 12.1 Å². The second-order valence-electron chi connectivity index (χ2n) is 3.53. The molecule has 0 aliphatic carbocycles. The van der Waals surface area contributed by atoms with Gasteiger partial charge in [0.1, 0.15) is 5.75 Å². The van der Waals surface area contributed by atoms with Crippen LogP contribution in [0.1, 0.15) is 6.42 Å². The van der Waals surface area contributed by atoms with Crippen LogP contribution in [0.15, 0.2) is 40.4 Å². The van der Waals surface area contributed by atoms with Crippen molar-refractivity contribution in [3.05, 3.63) is 40.4 Å². The molecule has 0 bridgehead atoms. The van der Waals surface area contributed by atoms with Gasteiger partial charge in [0, 0.05) is 16.6 Å². The third kappa shape index (κ3) is 2.93. The van der Waals surface area contributed by atoms with Crippen molar-refractivity contribution in [2.75, 3.05) is 13.1 Å². The minimum atomic E-state index is -0.250. The summed E-state index contributed by atoms with van der Waals surface area (Å²) in [5.74, 6) is 0.318. The Morgan fingerprint density at radius 2 is 2.31 bits per heavy atom. The summed E-state index contributed by atoms with van der Waals surface area (Å²) in [6, 6.07) is 7.27. The van der Waals surface area contributed by atoms with E-state index in [0.717, 1.165) is 29.6 Å². The Bertz CT molecular complexity index is 429. The highest BCUT2D eigenvalue weighted by Crippen LogP contribution is 2.19. The quantitative estimate of drug-likeness (QED) is 0.668. The zero-order valence-electron chi connectivity index (χ0n) is 8.70. The van der Waals surface area contributed by atoms with E-state index in [0.29, 0.717) is 5.75 Å². The van der Waals surface area contributed by atoms with Crippen LogP contribution in [0.2, 0.25) is 0 Å². The summed E-state index contributed by atoms with van der Waals surface area (Å²) in [5, 5.41) is 3.15. The zero-order chi connectivity index (χ0) is 11.4. The van der Waals surface area contributed by atoms with Crippen LogP contribution in [-0.2, 0) is 4.79 Å². The van der Waals surface area contributed by atoms with Crippen LogP contribution in [0.5, 0.6) is 5.75 Å². The average Bonchev–Trinajstić information content (AvgIpc) is 2.30. The molecule has 0 saturated heterocycles. The van der Waals surface area contributed by atoms with Crippen molar-refractivity contribution < 1.29 is 9.53 Å². The highest BCUT2D eigenvalue weighted by atomic mass is 79.9. The third-order valence-corrected chi connectivity index (χ3v) is 2.83. The lowest BCUT2D eigenvalue weighted by atomic mass is 10.1. The number of carbonyl (C=O) groups excluding carboxylic acids is 1. The Kier molecular flexibility index (Phi) is 3.74. The van der Waals surface area contributed by atoms with Gasteiger partial charge >= 0.3 is 5.97 Å². The van der Waals surface area contributed by atoms with E-state index < -0.39 is 0 Å². The van der Waals surface area contributed by atoms with Crippen molar-refractivity contribution in [2.45, 2.75) is 6.42 Å². The first-order valence-electron chi connectivity index (χ1n) is 5.13. The highest BCUT2D eigenvalue weighted by molar-refractivity contribution is 9.10. The Morgan fingerprint density at radius 1 is 1.44 bits per heavy atom. The normalized spacial score (nSPS) is 15.4. The lowest BCUT2D eigenvalue weighted by molar-refractivity contribution is -0.130. The van der Waals surface area contributed by atoms with E-state index in [4.69, 9.17) is 4.74 Å². The number of benzene rings is 1. The number of halogens is 1. The van der Waals surface area contributed by atoms with Crippen molar-refractivity contribution in [1.82, 2.24) is 5.32 Å². The maximum atomic E-state index is 11.7. The topological polar surface area (TPSA) is 38.3 Å². The molecule has 1 N–H and O–H groups in total. The zero-order valence-corrected chi connectivity index (χ0v) is 10.3. The molecule has 84 valence electrons. The van der Waals surface area contributed by atoms with E-state index in [1.807, 2.05) is 18.2 Å². The Balaban J connectivity index is 2.04. The molecule has 0 atom stereocenters. The summed E-state index contributed by atoms with van der Waals surface area (Å²) in [4.78, 5) is 11.7. The summed E-state index contributed by atoms with van der Waals surface area (Å²) in [7, 11) is 0. The second kappa shape index (κ2) is 5.27. The molecule has 4 heteroatoms. The molecule has 0 fully saturated rings. The van der Waals surface area contributed by atoms with E-state index >= 15 is 0 Å². The van der Waals surface area contributed by atoms with Crippen molar-refractivity contribution in [3.8, 4) is 5.75 Å². The summed E-state index contributed by atoms with van der Waals surface area (Å²) >= 11 is 3.33. The maximum absolute atomic E-state index is 11.7. The van der Waals surface area contributed by atoms with Gasteiger partial charge in [0.2, 0.25) is 0 Å². The Labute approximate surface area is 103 Å². The van der Waals surface area contributed by atoms with Crippen LogP contribution in [0, 0.1) is 0 Å². The van der Waals surface area contributed by atoms with Gasteiger partial charge in [0.15, 0.2) is 0 Å². The first-order chi connectivity index (χ1) is 7.75. The molecular formula is C12H12BrNO2. The Hall–Kier alpha value is -1.13. The summed E-state index contributed by atoms with van der Waals surface area (Å²) < 4.78 is 6.17. The van der Waals surface area contributed by atoms with Crippen molar-refractivity contribution in [2.24, 2.45) is 0 Å². The minimum Gasteiger partial charge on any atom is -0.423 e. The lowest BCUT2D eigenvalue weighted by Crippen LogP contribution is -2.25. The van der Waals surface area contributed by atoms with Crippen molar-refractivity contribution in [1.29, 1.82) is 0 Å². The van der Waals surface area contributed by atoms with E-state index in [-0.39, 0.29) is 5.97 Å². The van der Waals surface area contributed by atoms with Gasteiger partial charge in [-0.2, -0.15) is 0 Å². The van der Waals surface area contributed by atoms with Crippen molar-refractivity contribution in [3.63, 3.8) is 0 Å². The summed E-state index contributed by atoms with van der Waals surface area (Å²) in [6.45, 7) is 1.57. The highest BCUT2D eigenvalue weighted by Gasteiger charge is 2.14. The monoisotopic (exact) mass is 281 g/mol. The molecule has 0 unspecified atom stereocenters. The molecule has 0 radical (unpaired) electrons. The molecule has 16 heavy (non-hydrogen) atoms. The van der Waals surface area contributed by atoms with Gasteiger partial charge in [-0.15, -0.1) is 0 Å². The number of nitrogens with one attached hydrogen (secondary N) is 1. The fourth-order valence-electron chi connectivity index (χ4n) is 1.51. The molecule has 0 saturated carbocycles. The molecule has 1 heterocycles. The van der Waals surface area contributed by atoms with Crippen LogP contribution < -0.4 is 10.1 Å². The fourth-order valence-corrected chi connectivity index (χ4v) is 1.89. The van der Waals surface area contributed by atoms with E-state index in [1.165, 1.54) is 0 Å². The summed E-state index contributed by atoms with van der Waals surface area (Å²) in [5.41, 5.74) is 0.749. The van der Waals surface area contributed by atoms with Gasteiger partial charge in [-0.1, -0.05) is 28.1 Å². The number of carbonyl (C=O) groups is 1. The standard InChI is InChI=1S/C12H12BrNO2/c13-10-2-1-3-11(8-10)16-12(15)9-4-6-14-7-5-9/h1-4,8,14H,5-7H2. The predicted octanol–water partition coefficient (Wildman–Crippen LogP) is 2.27. The number of ether oxygens (including phenoxy) is 1. The molecule has 1 aromatic carbocycles. The SMILES string of the molecule is O=C(Oc1cccc(Br)c1)C1=CCNCC1. The molecule has 1 aromatic rings. The van der Waals surface area contributed by atoms with Gasteiger partial charge in [0.05, 0.1) is 0 Å². The number of esters is 1. The van der Waals surface area contributed by atoms with E-state index in [9.17, 15) is 4.79 Å². The van der Waals surface area contributed by atoms with Crippen LogP contribution in [-0.4, -0.2) is 19.1 Å².